The van der Waals surface area contributed by atoms with Crippen LogP contribution < -0.4 is 5.48 Å². The van der Waals surface area contributed by atoms with Gasteiger partial charge in [0.1, 0.15) is 12.1 Å². The van der Waals surface area contributed by atoms with Gasteiger partial charge in [-0.05, 0) is 20.8 Å². The van der Waals surface area contributed by atoms with Crippen molar-refractivity contribution < 1.29 is 29.4 Å². The fraction of sp³-hybridized carbons (Fsp3) is 0.455. The van der Waals surface area contributed by atoms with Crippen molar-refractivity contribution in [1.82, 2.24) is 10.0 Å². The molecule has 0 aromatic carbocycles. The number of hydrogen-bond donors (Lipinski definition) is 3. The third kappa shape index (κ3) is 4.78. The fourth-order valence-corrected chi connectivity index (χ4v) is 1.17. The van der Waals surface area contributed by atoms with Crippen LogP contribution in [0.3, 0.4) is 0 Å². The molecule has 1 heterocycles. The van der Waals surface area contributed by atoms with Crippen LogP contribution in [-0.4, -0.2) is 32.4 Å². The summed E-state index contributed by atoms with van der Waals surface area (Å²) in [6, 6.07) is 2.42. The molecule has 0 aliphatic carbocycles. The Morgan fingerprint density at radius 3 is 2.26 bits per heavy atom. The van der Waals surface area contributed by atoms with E-state index in [0.29, 0.717) is 0 Å². The summed E-state index contributed by atoms with van der Waals surface area (Å²) in [6.07, 6.45) is -0.915. The van der Waals surface area contributed by atoms with Gasteiger partial charge < -0.3 is 19.8 Å². The molecule has 3 N–H and O–H groups in total. The van der Waals surface area contributed by atoms with Gasteiger partial charge in [-0.25, -0.2) is 9.59 Å². The number of carbonyl (C=O) groups is 2. The Balaban J connectivity index is 2.43. The van der Waals surface area contributed by atoms with E-state index in [-0.39, 0.29) is 11.8 Å². The number of hydrogen-bond acceptors (Lipinski definition) is 6. The molecule has 0 saturated carbocycles. The Morgan fingerprint density at radius 1 is 1.26 bits per heavy atom. The lowest BCUT2D eigenvalue weighted by atomic mass is 10.2. The number of nitrogens with one attached hydrogen (secondary N) is 1. The Kier molecular flexibility index (Phi) is 4.26. The minimum atomic E-state index is -0.915. The summed E-state index contributed by atoms with van der Waals surface area (Å²) in [7, 11) is 0. The highest BCUT2D eigenvalue weighted by atomic mass is 16.7. The number of rotatable bonds is 2. The molecule has 0 unspecified atom stereocenters. The minimum absolute atomic E-state index is 0.299. The Labute approximate surface area is 109 Å². The van der Waals surface area contributed by atoms with Crippen LogP contribution in [0.5, 0.6) is 11.8 Å². The summed E-state index contributed by atoms with van der Waals surface area (Å²) in [5.41, 5.74) is 1.09. The van der Waals surface area contributed by atoms with E-state index in [4.69, 9.17) is 4.74 Å². The topological polar surface area (TPSA) is 110 Å². The van der Waals surface area contributed by atoms with Crippen molar-refractivity contribution in [1.29, 1.82) is 0 Å². The molecule has 8 nitrogen and oxygen atoms in total. The molecule has 0 fully saturated rings. The largest absolute Gasteiger partial charge is 0.494 e. The first-order valence-electron chi connectivity index (χ1n) is 5.45. The quantitative estimate of drug-likeness (QED) is 0.689. The molecule has 1 aromatic rings. The molecule has 0 aliphatic rings. The highest BCUT2D eigenvalue weighted by Crippen LogP contribution is 2.20. The molecule has 1 aromatic heterocycles. The average molecular weight is 272 g/mol. The summed E-state index contributed by atoms with van der Waals surface area (Å²) in [6.45, 7) is 4.51. The number of amides is 1. The lowest BCUT2D eigenvalue weighted by molar-refractivity contribution is -0.151. The van der Waals surface area contributed by atoms with Crippen molar-refractivity contribution in [3.05, 3.63) is 12.1 Å². The zero-order chi connectivity index (χ0) is 14.6. The van der Waals surface area contributed by atoms with Crippen LogP contribution in [0.4, 0.5) is 4.79 Å². The summed E-state index contributed by atoms with van der Waals surface area (Å²) >= 11 is 0. The maximum atomic E-state index is 11.3. The van der Waals surface area contributed by atoms with Crippen molar-refractivity contribution in [2.75, 3.05) is 0 Å². The molecule has 1 amide bonds. The fourth-order valence-electron chi connectivity index (χ4n) is 1.17. The van der Waals surface area contributed by atoms with Gasteiger partial charge in [-0.15, -0.1) is 5.48 Å². The van der Waals surface area contributed by atoms with Gasteiger partial charge in [-0.2, -0.15) is 0 Å². The Hall–Kier alpha value is -2.38. The number of aromatic hydroxyl groups is 2. The molecule has 106 valence electrons. The first kappa shape index (κ1) is 14.7. The summed E-state index contributed by atoms with van der Waals surface area (Å²) in [4.78, 5) is 27.0. The van der Waals surface area contributed by atoms with E-state index in [9.17, 15) is 19.8 Å². The summed E-state index contributed by atoms with van der Waals surface area (Å²) < 4.78 is 5.74. The van der Waals surface area contributed by atoms with Gasteiger partial charge >= 0.3 is 12.1 Å². The van der Waals surface area contributed by atoms with Crippen molar-refractivity contribution in [2.24, 2.45) is 0 Å². The van der Waals surface area contributed by atoms with Crippen LogP contribution in [0.1, 0.15) is 20.8 Å². The summed E-state index contributed by atoms with van der Waals surface area (Å²) in [5.74, 6) is -1.48. The second kappa shape index (κ2) is 5.51. The lowest BCUT2D eigenvalue weighted by Gasteiger charge is -2.19. The number of ether oxygens (including phenoxy) is 1. The third-order valence-electron chi connectivity index (χ3n) is 1.87. The van der Waals surface area contributed by atoms with Crippen LogP contribution in [0.2, 0.25) is 0 Å². The van der Waals surface area contributed by atoms with Gasteiger partial charge in [-0.1, -0.05) is 0 Å². The first-order valence-corrected chi connectivity index (χ1v) is 5.45. The second-order valence-corrected chi connectivity index (χ2v) is 4.71. The molecule has 0 atom stereocenters. The standard InChI is InChI=1S/C11H16N2O6/c1-11(2,3)18-10(17)12-19-9(16)6-13-7(14)4-5-8(13)15/h4-5,14-15H,6H2,1-3H3,(H,12,17). The maximum absolute atomic E-state index is 11.3. The van der Waals surface area contributed by atoms with Crippen molar-refractivity contribution in [3.63, 3.8) is 0 Å². The minimum Gasteiger partial charge on any atom is -0.494 e. The van der Waals surface area contributed by atoms with E-state index in [1.165, 1.54) is 12.1 Å². The lowest BCUT2D eigenvalue weighted by Crippen LogP contribution is -2.34. The predicted octanol–water partition coefficient (Wildman–Crippen LogP) is 0.882. The predicted molar refractivity (Wildman–Crippen MR) is 63.2 cm³/mol. The van der Waals surface area contributed by atoms with Gasteiger partial charge in [-0.3, -0.25) is 4.57 Å². The monoisotopic (exact) mass is 272 g/mol. The number of carbonyl (C=O) groups excluding carboxylic acids is 2. The van der Waals surface area contributed by atoms with E-state index in [1.807, 2.05) is 0 Å². The van der Waals surface area contributed by atoms with Gasteiger partial charge in [0.15, 0.2) is 11.8 Å². The van der Waals surface area contributed by atoms with Crippen molar-refractivity contribution in [3.8, 4) is 11.8 Å². The molecule has 1 rings (SSSR count). The van der Waals surface area contributed by atoms with E-state index in [2.05, 4.69) is 4.84 Å². The number of hydroxylamine groups is 1. The van der Waals surface area contributed by atoms with E-state index >= 15 is 0 Å². The smallest absolute Gasteiger partial charge is 0.441 e. The van der Waals surface area contributed by atoms with E-state index < -0.39 is 24.2 Å². The van der Waals surface area contributed by atoms with Gasteiger partial charge in [0.25, 0.3) is 0 Å². The molecule has 0 aliphatic heterocycles. The second-order valence-electron chi connectivity index (χ2n) is 4.71. The molecule has 0 bridgehead atoms. The third-order valence-corrected chi connectivity index (χ3v) is 1.87. The molecule has 0 saturated heterocycles. The molecule has 8 heteroatoms. The number of nitrogens with zero attached hydrogens (tertiary/aromatic N) is 1. The number of aromatic nitrogens is 1. The van der Waals surface area contributed by atoms with Gasteiger partial charge in [0.2, 0.25) is 0 Å². The van der Waals surface area contributed by atoms with Gasteiger partial charge in [0, 0.05) is 12.1 Å². The molecular formula is C11H16N2O6. The highest BCUT2D eigenvalue weighted by molar-refractivity contribution is 5.73. The average Bonchev–Trinajstić information content (AvgIpc) is 2.56. The van der Waals surface area contributed by atoms with E-state index in [0.717, 1.165) is 4.57 Å². The normalized spacial score (nSPS) is 10.9. The van der Waals surface area contributed by atoms with Crippen LogP contribution >= 0.6 is 0 Å². The van der Waals surface area contributed by atoms with Crippen molar-refractivity contribution in [2.45, 2.75) is 32.9 Å². The van der Waals surface area contributed by atoms with Gasteiger partial charge in [0.05, 0.1) is 0 Å². The zero-order valence-corrected chi connectivity index (χ0v) is 10.8. The Morgan fingerprint density at radius 2 is 1.79 bits per heavy atom. The summed E-state index contributed by atoms with van der Waals surface area (Å²) in [5, 5.41) is 18.6. The molecule has 0 radical (unpaired) electrons. The highest BCUT2D eigenvalue weighted by Gasteiger charge is 2.18. The molecular weight excluding hydrogens is 256 g/mol. The van der Waals surface area contributed by atoms with Crippen LogP contribution in [0.25, 0.3) is 0 Å². The SMILES string of the molecule is CC(C)(C)OC(=O)NOC(=O)Cn1c(O)ccc1O. The zero-order valence-electron chi connectivity index (χ0n) is 10.8. The molecule has 19 heavy (non-hydrogen) atoms. The Bertz CT molecular complexity index is 455. The maximum Gasteiger partial charge on any atom is 0.441 e. The molecule has 0 spiro atoms. The van der Waals surface area contributed by atoms with Crippen LogP contribution in [0, 0.1) is 0 Å². The van der Waals surface area contributed by atoms with Crippen LogP contribution in [0.15, 0.2) is 12.1 Å². The van der Waals surface area contributed by atoms with Crippen molar-refractivity contribution >= 4 is 12.1 Å². The van der Waals surface area contributed by atoms with Crippen LogP contribution in [-0.2, 0) is 20.9 Å². The first-order chi connectivity index (χ1) is 8.69. The van der Waals surface area contributed by atoms with E-state index in [1.54, 1.807) is 26.3 Å².